The quantitative estimate of drug-likeness (QED) is 0.283. The summed E-state index contributed by atoms with van der Waals surface area (Å²) in [7, 11) is 0. The molecule has 9 nitrogen and oxygen atoms in total. The Morgan fingerprint density at radius 1 is 1.18 bits per heavy atom. The van der Waals surface area contributed by atoms with E-state index in [1.54, 1.807) is 4.57 Å². The van der Waals surface area contributed by atoms with Gasteiger partial charge in [0.05, 0.1) is 0 Å². The van der Waals surface area contributed by atoms with Crippen LogP contribution in [0.5, 0.6) is 0 Å². The van der Waals surface area contributed by atoms with E-state index < -0.39 is 5.97 Å². The average molecular weight is 534 g/mol. The lowest BCUT2D eigenvalue weighted by Crippen LogP contribution is -2.34. The highest BCUT2D eigenvalue weighted by molar-refractivity contribution is 6.32. The van der Waals surface area contributed by atoms with Crippen molar-refractivity contribution in [2.24, 2.45) is 5.92 Å². The van der Waals surface area contributed by atoms with Crippen molar-refractivity contribution in [1.29, 1.82) is 0 Å². The molecule has 2 aromatic carbocycles. The smallest absolute Gasteiger partial charge is 0.355 e. The molecular weight excluding hydrogens is 502 g/mol. The Bertz CT molecular complexity index is 1400. The zero-order valence-corrected chi connectivity index (χ0v) is 22.4. The second-order valence-electron chi connectivity index (χ2n) is 10.0. The number of carboxylic acids is 1. The summed E-state index contributed by atoms with van der Waals surface area (Å²) in [6.07, 6.45) is 5.03. The van der Waals surface area contributed by atoms with Crippen molar-refractivity contribution < 1.29 is 9.90 Å². The van der Waals surface area contributed by atoms with Crippen molar-refractivity contribution in [3.05, 3.63) is 64.7 Å². The first-order chi connectivity index (χ1) is 18.4. The standard InChI is InChI=1S/C28H32ClN7O2/c1-3-4-7-24-30-26(29)25(28(37)38)36(24)17-19-8-10-20(11-9-19)23-15-21(35-14-5-6-18(2)16-35)12-13-22(23)27-31-33-34-32-27/h8-13,15,18H,3-7,14,16-17H2,1-2H3,(H,37,38)(H,31,32,33,34). The summed E-state index contributed by atoms with van der Waals surface area (Å²) in [5, 5.41) is 24.6. The number of aromatic amines is 1. The SMILES string of the molecule is CCCCc1nc(Cl)c(C(=O)O)n1Cc1ccc(-c2cc(N3CCCC(C)C3)ccc2-c2nn[nH]n2)cc1. The first-order valence-corrected chi connectivity index (χ1v) is 13.5. The van der Waals surface area contributed by atoms with Gasteiger partial charge in [-0.2, -0.15) is 5.21 Å². The Balaban J connectivity index is 1.48. The molecule has 1 unspecified atom stereocenters. The molecule has 38 heavy (non-hydrogen) atoms. The number of imidazole rings is 1. The van der Waals surface area contributed by atoms with Gasteiger partial charge >= 0.3 is 5.97 Å². The largest absolute Gasteiger partial charge is 0.476 e. The van der Waals surface area contributed by atoms with Gasteiger partial charge in [0.2, 0.25) is 5.82 Å². The molecule has 2 N–H and O–H groups in total. The lowest BCUT2D eigenvalue weighted by molar-refractivity contribution is 0.0685. The van der Waals surface area contributed by atoms with E-state index in [1.807, 2.05) is 12.1 Å². The van der Waals surface area contributed by atoms with E-state index in [1.165, 1.54) is 18.5 Å². The van der Waals surface area contributed by atoms with Crippen molar-refractivity contribution in [2.75, 3.05) is 18.0 Å². The highest BCUT2D eigenvalue weighted by Gasteiger charge is 2.22. The number of anilines is 1. The fraction of sp³-hybridized carbons (Fsp3) is 0.393. The molecule has 3 heterocycles. The van der Waals surface area contributed by atoms with Crippen molar-refractivity contribution in [3.63, 3.8) is 0 Å². The van der Waals surface area contributed by atoms with Crippen LogP contribution in [0.3, 0.4) is 0 Å². The van der Waals surface area contributed by atoms with Crippen LogP contribution >= 0.6 is 11.6 Å². The number of rotatable bonds is 9. The zero-order chi connectivity index (χ0) is 26.6. The molecule has 4 aromatic rings. The van der Waals surface area contributed by atoms with Crippen molar-refractivity contribution in [3.8, 4) is 22.5 Å². The third-order valence-corrected chi connectivity index (χ3v) is 7.44. The van der Waals surface area contributed by atoms with Crippen LogP contribution < -0.4 is 4.90 Å². The number of hydrogen-bond acceptors (Lipinski definition) is 6. The van der Waals surface area contributed by atoms with Gasteiger partial charge in [-0.3, -0.25) is 0 Å². The van der Waals surface area contributed by atoms with E-state index in [-0.39, 0.29) is 10.8 Å². The molecular formula is C28H32ClN7O2. The Labute approximate surface area is 226 Å². The first-order valence-electron chi connectivity index (χ1n) is 13.1. The Morgan fingerprint density at radius 3 is 2.68 bits per heavy atom. The van der Waals surface area contributed by atoms with Crippen molar-refractivity contribution in [2.45, 2.75) is 52.5 Å². The van der Waals surface area contributed by atoms with Crippen LogP contribution in [0.1, 0.15) is 61.4 Å². The first kappa shape index (κ1) is 25.9. The summed E-state index contributed by atoms with van der Waals surface area (Å²) < 4.78 is 1.72. The summed E-state index contributed by atoms with van der Waals surface area (Å²) in [6, 6.07) is 14.6. The average Bonchev–Trinajstić information content (AvgIpc) is 3.56. The van der Waals surface area contributed by atoms with Gasteiger partial charge in [-0.1, -0.05) is 56.1 Å². The van der Waals surface area contributed by atoms with Crippen LogP contribution in [0, 0.1) is 5.92 Å². The molecule has 5 rings (SSSR count). The maximum atomic E-state index is 11.9. The van der Waals surface area contributed by atoms with Crippen LogP contribution in [0.2, 0.25) is 5.15 Å². The molecule has 0 bridgehead atoms. The molecule has 1 aliphatic rings. The van der Waals surface area contributed by atoms with Crippen LogP contribution in [0.4, 0.5) is 5.69 Å². The number of nitrogens with zero attached hydrogens (tertiary/aromatic N) is 6. The number of unbranched alkanes of at least 4 members (excludes halogenated alkanes) is 1. The monoisotopic (exact) mass is 533 g/mol. The highest BCUT2D eigenvalue weighted by Crippen LogP contribution is 2.35. The molecule has 1 saturated heterocycles. The number of nitrogens with one attached hydrogen (secondary N) is 1. The molecule has 0 amide bonds. The Kier molecular flexibility index (Phi) is 7.74. The van der Waals surface area contributed by atoms with E-state index >= 15 is 0 Å². The van der Waals surface area contributed by atoms with Crippen LogP contribution in [0.15, 0.2) is 42.5 Å². The van der Waals surface area contributed by atoms with E-state index in [0.717, 1.165) is 48.2 Å². The number of tetrazole rings is 1. The minimum Gasteiger partial charge on any atom is -0.476 e. The minimum atomic E-state index is -1.07. The highest BCUT2D eigenvalue weighted by atomic mass is 35.5. The second-order valence-corrected chi connectivity index (χ2v) is 10.4. The molecule has 1 fully saturated rings. The lowest BCUT2D eigenvalue weighted by Gasteiger charge is -2.33. The Morgan fingerprint density at radius 2 is 2.00 bits per heavy atom. The summed E-state index contributed by atoms with van der Waals surface area (Å²) >= 11 is 6.21. The summed E-state index contributed by atoms with van der Waals surface area (Å²) in [5.74, 6) is 0.831. The normalized spacial score (nSPS) is 15.7. The number of hydrogen-bond donors (Lipinski definition) is 2. The van der Waals surface area contributed by atoms with Crippen LogP contribution in [-0.4, -0.2) is 54.3 Å². The predicted molar refractivity (Wildman–Crippen MR) is 148 cm³/mol. The van der Waals surface area contributed by atoms with Gasteiger partial charge in [0.1, 0.15) is 5.82 Å². The summed E-state index contributed by atoms with van der Waals surface area (Å²) in [5.41, 5.74) is 5.12. The summed E-state index contributed by atoms with van der Waals surface area (Å²) in [4.78, 5) is 18.7. The van der Waals surface area contributed by atoms with Crippen LogP contribution in [0.25, 0.3) is 22.5 Å². The number of benzene rings is 2. The molecule has 2 aromatic heterocycles. The van der Waals surface area contributed by atoms with Gasteiger partial charge in [0.25, 0.3) is 0 Å². The van der Waals surface area contributed by atoms with Gasteiger partial charge in [-0.05, 0) is 65.3 Å². The third-order valence-electron chi connectivity index (χ3n) is 7.18. The molecule has 198 valence electrons. The van der Waals surface area contributed by atoms with Gasteiger partial charge in [-0.15, -0.1) is 10.2 Å². The maximum Gasteiger partial charge on any atom is 0.355 e. The van der Waals surface area contributed by atoms with E-state index in [2.05, 4.69) is 74.7 Å². The summed E-state index contributed by atoms with van der Waals surface area (Å²) in [6.45, 7) is 6.86. The number of carbonyl (C=O) groups is 1. The van der Waals surface area contributed by atoms with E-state index in [4.69, 9.17) is 11.6 Å². The Hall–Kier alpha value is -3.72. The molecule has 1 atom stereocenters. The second kappa shape index (κ2) is 11.3. The van der Waals surface area contributed by atoms with E-state index in [0.29, 0.717) is 30.5 Å². The van der Waals surface area contributed by atoms with Crippen LogP contribution in [-0.2, 0) is 13.0 Å². The molecule has 10 heteroatoms. The van der Waals surface area contributed by atoms with Gasteiger partial charge in [0.15, 0.2) is 10.8 Å². The number of piperidine rings is 1. The molecule has 0 saturated carbocycles. The molecule has 1 aliphatic heterocycles. The number of carboxylic acid groups (broad SMARTS) is 1. The fourth-order valence-electron chi connectivity index (χ4n) is 5.20. The minimum absolute atomic E-state index is 0.0321. The number of H-pyrrole nitrogens is 1. The van der Waals surface area contributed by atoms with Gasteiger partial charge in [0, 0.05) is 37.3 Å². The fourth-order valence-corrected chi connectivity index (χ4v) is 5.48. The number of halogens is 1. The zero-order valence-electron chi connectivity index (χ0n) is 21.7. The third kappa shape index (κ3) is 5.43. The maximum absolute atomic E-state index is 11.9. The predicted octanol–water partition coefficient (Wildman–Crippen LogP) is 5.71. The van der Waals surface area contributed by atoms with Crippen molar-refractivity contribution >= 4 is 23.3 Å². The topological polar surface area (TPSA) is 113 Å². The number of aromatic nitrogens is 6. The van der Waals surface area contributed by atoms with Gasteiger partial charge < -0.3 is 14.6 Å². The lowest BCUT2D eigenvalue weighted by atomic mass is 9.95. The molecule has 0 radical (unpaired) electrons. The molecule has 0 spiro atoms. The van der Waals surface area contributed by atoms with Crippen molar-refractivity contribution in [1.82, 2.24) is 30.2 Å². The number of aryl methyl sites for hydroxylation is 1. The number of aromatic carboxylic acids is 1. The van der Waals surface area contributed by atoms with Gasteiger partial charge in [-0.25, -0.2) is 9.78 Å². The molecule has 0 aliphatic carbocycles. The van der Waals surface area contributed by atoms with E-state index in [9.17, 15) is 9.90 Å².